The lowest BCUT2D eigenvalue weighted by molar-refractivity contribution is -0.131. The molecule has 0 aromatic heterocycles. The highest BCUT2D eigenvalue weighted by molar-refractivity contribution is 7.89. The van der Waals surface area contributed by atoms with Gasteiger partial charge in [0.25, 0.3) is 0 Å². The van der Waals surface area contributed by atoms with E-state index in [0.717, 1.165) is 30.2 Å². The van der Waals surface area contributed by atoms with Crippen molar-refractivity contribution in [2.45, 2.75) is 25.7 Å². The summed E-state index contributed by atoms with van der Waals surface area (Å²) in [7, 11) is -0.272. The quantitative estimate of drug-likeness (QED) is 0.718. The van der Waals surface area contributed by atoms with Crippen molar-refractivity contribution in [3.8, 4) is 0 Å². The molecule has 6 heteroatoms. The Hall–Kier alpha value is -0.620. The van der Waals surface area contributed by atoms with E-state index >= 15 is 0 Å². The first-order valence-corrected chi connectivity index (χ1v) is 7.22. The first kappa shape index (κ1) is 13.4. The molecule has 16 heavy (non-hydrogen) atoms. The summed E-state index contributed by atoms with van der Waals surface area (Å²) in [5.74, 6) is -0.125. The molecule has 1 heterocycles. The highest BCUT2D eigenvalue weighted by Crippen LogP contribution is 2.10. The zero-order chi connectivity index (χ0) is 12.2. The summed E-state index contributed by atoms with van der Waals surface area (Å²) in [6.07, 6.45) is 3.33. The van der Waals surface area contributed by atoms with Crippen LogP contribution in [0.5, 0.6) is 0 Å². The second-order valence-corrected chi connectivity index (χ2v) is 6.59. The van der Waals surface area contributed by atoms with Crippen LogP contribution in [0.15, 0.2) is 0 Å². The number of piperidine rings is 1. The van der Waals surface area contributed by atoms with Gasteiger partial charge in [-0.25, -0.2) is 12.7 Å². The molecule has 94 valence electrons. The number of hydrogen-bond acceptors (Lipinski definition) is 3. The minimum Gasteiger partial charge on any atom is -0.343 e. The van der Waals surface area contributed by atoms with Crippen LogP contribution in [0.2, 0.25) is 0 Å². The predicted octanol–water partition coefficient (Wildman–Crippen LogP) is 0.280. The Morgan fingerprint density at radius 1 is 1.19 bits per heavy atom. The number of sulfonamides is 1. The Morgan fingerprint density at radius 3 is 2.25 bits per heavy atom. The number of hydrogen-bond donors (Lipinski definition) is 0. The van der Waals surface area contributed by atoms with E-state index in [9.17, 15) is 13.2 Å². The highest BCUT2D eigenvalue weighted by atomic mass is 32.2. The van der Waals surface area contributed by atoms with Crippen LogP contribution in [-0.4, -0.2) is 56.5 Å². The summed E-state index contributed by atoms with van der Waals surface area (Å²) in [5, 5.41) is 0. The van der Waals surface area contributed by atoms with Crippen LogP contribution in [0.4, 0.5) is 0 Å². The molecular weight excluding hydrogens is 228 g/mol. The van der Waals surface area contributed by atoms with Crippen LogP contribution in [0.3, 0.4) is 0 Å². The molecule has 0 radical (unpaired) electrons. The summed E-state index contributed by atoms with van der Waals surface area (Å²) < 4.78 is 24.1. The molecule has 0 aromatic carbocycles. The van der Waals surface area contributed by atoms with Gasteiger partial charge in [-0.1, -0.05) is 0 Å². The van der Waals surface area contributed by atoms with Crippen LogP contribution in [0.25, 0.3) is 0 Å². The Labute approximate surface area is 97.5 Å². The highest BCUT2D eigenvalue weighted by Gasteiger charge is 2.20. The van der Waals surface area contributed by atoms with Gasteiger partial charge in [0, 0.05) is 33.6 Å². The third kappa shape index (κ3) is 3.75. The van der Waals surface area contributed by atoms with Crippen LogP contribution >= 0.6 is 0 Å². The summed E-state index contributed by atoms with van der Waals surface area (Å²) in [4.78, 5) is 13.5. The Kier molecular flexibility index (Phi) is 4.73. The van der Waals surface area contributed by atoms with Gasteiger partial charge in [-0.15, -0.1) is 0 Å². The number of amides is 1. The average Bonchev–Trinajstić information content (AvgIpc) is 2.27. The minimum absolute atomic E-state index is 0.0369. The molecule has 0 bridgehead atoms. The lowest BCUT2D eigenvalue weighted by Gasteiger charge is -2.26. The fourth-order valence-corrected chi connectivity index (χ4v) is 2.50. The monoisotopic (exact) mass is 248 g/mol. The second-order valence-electron chi connectivity index (χ2n) is 4.29. The van der Waals surface area contributed by atoms with E-state index in [0.29, 0.717) is 0 Å². The smallest absolute Gasteiger partial charge is 0.223 e. The van der Waals surface area contributed by atoms with E-state index in [2.05, 4.69) is 0 Å². The number of rotatable bonds is 4. The fraction of sp³-hybridized carbons (Fsp3) is 0.900. The van der Waals surface area contributed by atoms with Crippen LogP contribution in [0, 0.1) is 0 Å². The third-order valence-corrected chi connectivity index (χ3v) is 4.67. The molecule has 1 saturated heterocycles. The number of nitrogens with zero attached hydrogens (tertiary/aromatic N) is 2. The van der Waals surface area contributed by atoms with Gasteiger partial charge in [-0.2, -0.15) is 0 Å². The fourth-order valence-electron chi connectivity index (χ4n) is 1.70. The number of carbonyl (C=O) groups excluding carboxylic acids is 1. The van der Waals surface area contributed by atoms with Gasteiger partial charge in [0.05, 0.1) is 5.75 Å². The lowest BCUT2D eigenvalue weighted by Crippen LogP contribution is -2.37. The molecule has 0 spiro atoms. The maximum Gasteiger partial charge on any atom is 0.223 e. The van der Waals surface area contributed by atoms with Gasteiger partial charge in [-0.3, -0.25) is 4.79 Å². The zero-order valence-electron chi connectivity index (χ0n) is 9.98. The topological polar surface area (TPSA) is 57.7 Å². The van der Waals surface area contributed by atoms with Crippen molar-refractivity contribution in [3.63, 3.8) is 0 Å². The van der Waals surface area contributed by atoms with Gasteiger partial charge < -0.3 is 4.90 Å². The van der Waals surface area contributed by atoms with Crippen LogP contribution in [0.1, 0.15) is 25.7 Å². The summed E-state index contributed by atoms with van der Waals surface area (Å²) in [5.41, 5.74) is 0. The van der Waals surface area contributed by atoms with Crippen molar-refractivity contribution in [1.29, 1.82) is 0 Å². The van der Waals surface area contributed by atoms with Crippen molar-refractivity contribution >= 4 is 15.9 Å². The van der Waals surface area contributed by atoms with Crippen LogP contribution in [-0.2, 0) is 14.8 Å². The number of carbonyl (C=O) groups is 1. The second kappa shape index (κ2) is 5.63. The third-order valence-electron chi connectivity index (χ3n) is 2.84. The molecule has 0 aliphatic carbocycles. The predicted molar refractivity (Wildman–Crippen MR) is 62.5 cm³/mol. The lowest BCUT2D eigenvalue weighted by atomic mass is 10.1. The Balaban J connectivity index is 2.40. The molecule has 1 aliphatic heterocycles. The molecule has 0 aromatic rings. The van der Waals surface area contributed by atoms with Gasteiger partial charge in [-0.05, 0) is 19.3 Å². The molecule has 1 aliphatic rings. The van der Waals surface area contributed by atoms with Crippen molar-refractivity contribution in [1.82, 2.24) is 9.21 Å². The van der Waals surface area contributed by atoms with Crippen LogP contribution < -0.4 is 0 Å². The molecule has 0 unspecified atom stereocenters. The van der Waals surface area contributed by atoms with E-state index < -0.39 is 10.0 Å². The average molecular weight is 248 g/mol. The van der Waals surface area contributed by atoms with E-state index in [4.69, 9.17) is 0 Å². The summed E-state index contributed by atoms with van der Waals surface area (Å²) in [6.45, 7) is 1.56. The number of likely N-dealkylation sites (tertiary alicyclic amines) is 1. The zero-order valence-corrected chi connectivity index (χ0v) is 10.8. The van der Waals surface area contributed by atoms with Gasteiger partial charge in [0.1, 0.15) is 0 Å². The molecule has 5 nitrogen and oxygen atoms in total. The normalized spacial score (nSPS) is 17.8. The van der Waals surface area contributed by atoms with E-state index in [1.807, 2.05) is 0 Å². The molecule has 0 saturated carbocycles. The Morgan fingerprint density at radius 2 is 1.75 bits per heavy atom. The van der Waals surface area contributed by atoms with Crippen molar-refractivity contribution in [2.75, 3.05) is 32.9 Å². The molecule has 1 amide bonds. The van der Waals surface area contributed by atoms with Gasteiger partial charge >= 0.3 is 0 Å². The summed E-state index contributed by atoms with van der Waals surface area (Å²) >= 11 is 0. The molecule has 1 rings (SSSR count). The Bertz CT molecular complexity index is 332. The maximum absolute atomic E-state index is 11.7. The molecular formula is C10H20N2O3S. The standard InChI is InChI=1S/C10H20N2O3S/c1-11(2)16(14,15)9-6-10(13)12-7-4-3-5-8-12/h3-9H2,1-2H3. The van der Waals surface area contributed by atoms with Crippen molar-refractivity contribution in [2.24, 2.45) is 0 Å². The maximum atomic E-state index is 11.7. The van der Waals surface area contributed by atoms with Gasteiger partial charge in [0.2, 0.25) is 15.9 Å². The van der Waals surface area contributed by atoms with E-state index in [-0.39, 0.29) is 18.1 Å². The molecule has 1 fully saturated rings. The van der Waals surface area contributed by atoms with Crippen molar-refractivity contribution < 1.29 is 13.2 Å². The minimum atomic E-state index is -3.25. The SMILES string of the molecule is CN(C)S(=O)(=O)CCC(=O)N1CCCCC1. The van der Waals surface area contributed by atoms with E-state index in [1.165, 1.54) is 20.5 Å². The van der Waals surface area contributed by atoms with E-state index in [1.54, 1.807) is 4.90 Å². The van der Waals surface area contributed by atoms with Crippen molar-refractivity contribution in [3.05, 3.63) is 0 Å². The summed E-state index contributed by atoms with van der Waals surface area (Å²) in [6, 6.07) is 0. The molecule has 0 atom stereocenters. The first-order valence-electron chi connectivity index (χ1n) is 5.61. The largest absolute Gasteiger partial charge is 0.343 e. The first-order chi connectivity index (χ1) is 7.43. The molecule has 0 N–H and O–H groups in total. The van der Waals surface area contributed by atoms with Gasteiger partial charge in [0.15, 0.2) is 0 Å².